The van der Waals surface area contributed by atoms with E-state index < -0.39 is 0 Å². The van der Waals surface area contributed by atoms with Crippen LogP contribution >= 0.6 is 0 Å². The topological polar surface area (TPSA) is 55.1 Å². The van der Waals surface area contributed by atoms with Gasteiger partial charge in [0.1, 0.15) is 0 Å². The van der Waals surface area contributed by atoms with Crippen LogP contribution in [0.15, 0.2) is 0 Å². The summed E-state index contributed by atoms with van der Waals surface area (Å²) in [4.78, 5) is 10.5. The van der Waals surface area contributed by atoms with Crippen LogP contribution in [-0.4, -0.2) is 25.2 Å². The molecule has 1 aliphatic rings. The SMILES string of the molecule is NC(=O)C1CC(CF)CN1. The third-order valence-electron chi connectivity index (χ3n) is 1.78. The van der Waals surface area contributed by atoms with E-state index in [-0.39, 0.29) is 24.5 Å². The van der Waals surface area contributed by atoms with E-state index in [1.807, 2.05) is 0 Å². The lowest BCUT2D eigenvalue weighted by molar-refractivity contribution is -0.119. The number of amides is 1. The molecule has 0 bridgehead atoms. The number of halogens is 1. The van der Waals surface area contributed by atoms with Crippen molar-refractivity contribution in [2.75, 3.05) is 13.2 Å². The number of primary amides is 1. The molecule has 1 saturated heterocycles. The van der Waals surface area contributed by atoms with E-state index in [1.165, 1.54) is 0 Å². The predicted octanol–water partition coefficient (Wildman–Crippen LogP) is -0.581. The van der Waals surface area contributed by atoms with Crippen molar-refractivity contribution in [2.45, 2.75) is 12.5 Å². The highest BCUT2D eigenvalue weighted by atomic mass is 19.1. The van der Waals surface area contributed by atoms with Gasteiger partial charge in [0.2, 0.25) is 5.91 Å². The Morgan fingerprint density at radius 2 is 2.50 bits per heavy atom. The van der Waals surface area contributed by atoms with Crippen molar-refractivity contribution in [2.24, 2.45) is 11.7 Å². The minimum atomic E-state index is -0.379. The summed E-state index contributed by atoms with van der Waals surface area (Å²) in [5.74, 6) is -0.395. The number of rotatable bonds is 2. The van der Waals surface area contributed by atoms with Gasteiger partial charge in [0.25, 0.3) is 0 Å². The zero-order valence-electron chi connectivity index (χ0n) is 5.64. The molecule has 0 spiro atoms. The smallest absolute Gasteiger partial charge is 0.234 e. The van der Waals surface area contributed by atoms with Gasteiger partial charge in [-0.25, -0.2) is 0 Å². The van der Waals surface area contributed by atoms with Crippen LogP contribution in [0.25, 0.3) is 0 Å². The fourth-order valence-corrected chi connectivity index (χ4v) is 1.14. The van der Waals surface area contributed by atoms with Gasteiger partial charge < -0.3 is 11.1 Å². The molecule has 0 aliphatic carbocycles. The maximum absolute atomic E-state index is 11.9. The molecular formula is C6H11FN2O. The third-order valence-corrected chi connectivity index (χ3v) is 1.78. The molecule has 1 aliphatic heterocycles. The summed E-state index contributed by atoms with van der Waals surface area (Å²) in [6.07, 6.45) is 0.547. The zero-order valence-corrected chi connectivity index (χ0v) is 5.64. The minimum Gasteiger partial charge on any atom is -0.368 e. The number of hydrogen-bond donors (Lipinski definition) is 2. The molecule has 10 heavy (non-hydrogen) atoms. The Labute approximate surface area is 58.8 Å². The largest absolute Gasteiger partial charge is 0.368 e. The first-order chi connectivity index (χ1) is 4.74. The Bertz CT molecular complexity index is 140. The van der Waals surface area contributed by atoms with Crippen molar-refractivity contribution < 1.29 is 9.18 Å². The molecule has 1 amide bonds. The summed E-state index contributed by atoms with van der Waals surface area (Å²) < 4.78 is 11.9. The van der Waals surface area contributed by atoms with Gasteiger partial charge in [-0.1, -0.05) is 0 Å². The van der Waals surface area contributed by atoms with E-state index in [4.69, 9.17) is 5.73 Å². The molecule has 1 heterocycles. The molecule has 2 atom stereocenters. The maximum Gasteiger partial charge on any atom is 0.234 e. The van der Waals surface area contributed by atoms with Crippen LogP contribution in [0.1, 0.15) is 6.42 Å². The number of hydrogen-bond acceptors (Lipinski definition) is 2. The Morgan fingerprint density at radius 3 is 2.80 bits per heavy atom. The number of alkyl halides is 1. The summed E-state index contributed by atoms with van der Waals surface area (Å²) in [6.45, 7) is 0.209. The highest BCUT2D eigenvalue weighted by Gasteiger charge is 2.27. The van der Waals surface area contributed by atoms with Gasteiger partial charge >= 0.3 is 0 Å². The van der Waals surface area contributed by atoms with E-state index in [9.17, 15) is 9.18 Å². The summed E-state index contributed by atoms with van der Waals surface area (Å²) >= 11 is 0. The second-order valence-corrected chi connectivity index (χ2v) is 2.62. The molecule has 0 aromatic rings. The Balaban J connectivity index is 2.35. The molecule has 2 unspecified atom stereocenters. The average Bonchev–Trinajstić information content (AvgIpc) is 2.34. The Morgan fingerprint density at radius 1 is 1.80 bits per heavy atom. The first-order valence-corrected chi connectivity index (χ1v) is 3.32. The van der Waals surface area contributed by atoms with Crippen molar-refractivity contribution in [3.05, 3.63) is 0 Å². The van der Waals surface area contributed by atoms with E-state index in [0.29, 0.717) is 13.0 Å². The van der Waals surface area contributed by atoms with Crippen LogP contribution in [0.5, 0.6) is 0 Å². The third kappa shape index (κ3) is 1.44. The van der Waals surface area contributed by atoms with E-state index >= 15 is 0 Å². The number of carbonyl (C=O) groups is 1. The average molecular weight is 146 g/mol. The lowest BCUT2D eigenvalue weighted by Gasteiger charge is -2.02. The van der Waals surface area contributed by atoms with Crippen LogP contribution in [0, 0.1) is 5.92 Å². The van der Waals surface area contributed by atoms with Gasteiger partial charge in [0.15, 0.2) is 0 Å². The fourth-order valence-electron chi connectivity index (χ4n) is 1.14. The van der Waals surface area contributed by atoms with Gasteiger partial charge in [-0.05, 0) is 6.42 Å². The molecule has 3 N–H and O–H groups in total. The molecule has 3 nitrogen and oxygen atoms in total. The zero-order chi connectivity index (χ0) is 7.56. The normalized spacial score (nSPS) is 32.5. The van der Waals surface area contributed by atoms with Crippen LogP contribution in [0.4, 0.5) is 4.39 Å². The van der Waals surface area contributed by atoms with Crippen molar-refractivity contribution >= 4 is 5.91 Å². The minimum absolute atomic E-state index is 0.0162. The molecule has 1 fully saturated rings. The Hall–Kier alpha value is -0.640. The molecule has 4 heteroatoms. The number of nitrogens with one attached hydrogen (secondary N) is 1. The van der Waals surface area contributed by atoms with Gasteiger partial charge in [-0.2, -0.15) is 0 Å². The van der Waals surface area contributed by atoms with Crippen LogP contribution < -0.4 is 11.1 Å². The molecule has 0 saturated carbocycles. The van der Waals surface area contributed by atoms with E-state index in [1.54, 1.807) is 0 Å². The second kappa shape index (κ2) is 2.96. The van der Waals surface area contributed by atoms with Crippen LogP contribution in [0.3, 0.4) is 0 Å². The first kappa shape index (κ1) is 7.47. The number of nitrogens with two attached hydrogens (primary N) is 1. The standard InChI is InChI=1S/C6H11FN2O/c7-2-4-1-5(6(8)10)9-3-4/h4-5,9H,1-3H2,(H2,8,10). The highest BCUT2D eigenvalue weighted by molar-refractivity contribution is 5.80. The van der Waals surface area contributed by atoms with Gasteiger partial charge in [0, 0.05) is 12.5 Å². The van der Waals surface area contributed by atoms with Gasteiger partial charge in [-0.3, -0.25) is 9.18 Å². The van der Waals surface area contributed by atoms with Crippen LogP contribution in [-0.2, 0) is 4.79 Å². The summed E-state index contributed by atoms with van der Waals surface area (Å²) in [5.41, 5.74) is 4.99. The van der Waals surface area contributed by atoms with Crippen LogP contribution in [0.2, 0.25) is 0 Å². The molecule has 1 rings (SSSR count). The van der Waals surface area contributed by atoms with E-state index in [2.05, 4.69) is 5.32 Å². The van der Waals surface area contributed by atoms with Gasteiger partial charge in [-0.15, -0.1) is 0 Å². The van der Waals surface area contributed by atoms with Crippen molar-refractivity contribution in [3.63, 3.8) is 0 Å². The van der Waals surface area contributed by atoms with Crippen molar-refractivity contribution in [1.82, 2.24) is 5.32 Å². The fraction of sp³-hybridized carbons (Fsp3) is 0.833. The second-order valence-electron chi connectivity index (χ2n) is 2.62. The molecule has 58 valence electrons. The summed E-state index contributed by atoms with van der Waals surface area (Å²) in [6, 6.07) is -0.305. The lowest BCUT2D eigenvalue weighted by Crippen LogP contribution is -2.36. The Kier molecular flexibility index (Phi) is 2.21. The van der Waals surface area contributed by atoms with Gasteiger partial charge in [0.05, 0.1) is 12.7 Å². The molecule has 0 aromatic carbocycles. The van der Waals surface area contributed by atoms with Crippen molar-refractivity contribution in [1.29, 1.82) is 0 Å². The molecule has 0 radical (unpaired) electrons. The molecule has 0 aromatic heterocycles. The maximum atomic E-state index is 11.9. The van der Waals surface area contributed by atoms with E-state index in [0.717, 1.165) is 0 Å². The van der Waals surface area contributed by atoms with Crippen molar-refractivity contribution in [3.8, 4) is 0 Å². The quantitative estimate of drug-likeness (QED) is 0.547. The lowest BCUT2D eigenvalue weighted by atomic mass is 10.1. The summed E-state index contributed by atoms with van der Waals surface area (Å²) in [5, 5.41) is 2.84. The monoisotopic (exact) mass is 146 g/mol. The first-order valence-electron chi connectivity index (χ1n) is 3.32. The highest BCUT2D eigenvalue weighted by Crippen LogP contribution is 2.13. The predicted molar refractivity (Wildman–Crippen MR) is 35.1 cm³/mol. The molecular weight excluding hydrogens is 135 g/mol. The summed E-state index contributed by atoms with van der Waals surface area (Å²) in [7, 11) is 0. The number of carbonyl (C=O) groups excluding carboxylic acids is 1.